The fraction of sp³-hybridized carbons (Fsp3) is 0.0455. The van der Waals surface area contributed by atoms with E-state index in [2.05, 4.69) is 22.0 Å². The van der Waals surface area contributed by atoms with Crippen molar-refractivity contribution in [3.8, 4) is 11.8 Å². The molecule has 0 unspecified atom stereocenters. The molecule has 29 heavy (non-hydrogen) atoms. The van der Waals surface area contributed by atoms with E-state index in [1.165, 1.54) is 24.3 Å². The van der Waals surface area contributed by atoms with Gasteiger partial charge < -0.3 is 4.74 Å². The van der Waals surface area contributed by atoms with Crippen LogP contribution in [-0.4, -0.2) is 4.92 Å². The average Bonchev–Trinajstić information content (AvgIpc) is 2.71. The summed E-state index contributed by atoms with van der Waals surface area (Å²) in [6.45, 7) is 0.220. The number of hydrogen-bond donors (Lipinski definition) is 0. The number of allylic oxidation sites excluding steroid dienone is 1. The first kappa shape index (κ1) is 20.2. The second-order valence-corrected chi connectivity index (χ2v) is 6.94. The van der Waals surface area contributed by atoms with Gasteiger partial charge in [-0.05, 0) is 75.1 Å². The van der Waals surface area contributed by atoms with Gasteiger partial charge in [0.05, 0.1) is 21.0 Å². The molecule has 5 nitrogen and oxygen atoms in total. The second kappa shape index (κ2) is 9.13. The van der Waals surface area contributed by atoms with Gasteiger partial charge in [-0.2, -0.15) is 5.26 Å². The van der Waals surface area contributed by atoms with Crippen LogP contribution in [-0.2, 0) is 6.61 Å². The van der Waals surface area contributed by atoms with Crippen molar-refractivity contribution in [1.29, 1.82) is 5.26 Å². The first-order chi connectivity index (χ1) is 14.0. The molecule has 3 aromatic rings. The van der Waals surface area contributed by atoms with Crippen LogP contribution < -0.4 is 4.74 Å². The molecular formula is C22H14BrFN2O3. The smallest absolute Gasteiger partial charge is 0.269 e. The topological polar surface area (TPSA) is 76.2 Å². The number of nitriles is 1. The molecule has 0 aliphatic carbocycles. The van der Waals surface area contributed by atoms with Crippen molar-refractivity contribution < 1.29 is 14.1 Å². The van der Waals surface area contributed by atoms with Gasteiger partial charge in [0.2, 0.25) is 0 Å². The maximum Gasteiger partial charge on any atom is 0.269 e. The SMILES string of the molecule is N#C/C(=C/c1ccc(OCc2cccc(F)c2)c(Br)c1)c1ccc([N+](=O)[O-])cc1. The van der Waals surface area contributed by atoms with E-state index in [0.29, 0.717) is 26.9 Å². The minimum atomic E-state index is -0.487. The minimum Gasteiger partial charge on any atom is -0.488 e. The van der Waals surface area contributed by atoms with Crippen LogP contribution in [0.5, 0.6) is 5.75 Å². The lowest BCUT2D eigenvalue weighted by atomic mass is 10.0. The zero-order valence-electron chi connectivity index (χ0n) is 15.0. The molecule has 0 radical (unpaired) electrons. The zero-order chi connectivity index (χ0) is 20.8. The van der Waals surface area contributed by atoms with Crippen LogP contribution >= 0.6 is 15.9 Å². The Balaban J connectivity index is 1.77. The number of nitro benzene ring substituents is 1. The Bertz CT molecular complexity index is 1120. The van der Waals surface area contributed by atoms with Crippen LogP contribution in [0, 0.1) is 27.3 Å². The normalized spacial score (nSPS) is 11.0. The van der Waals surface area contributed by atoms with Gasteiger partial charge in [-0.3, -0.25) is 10.1 Å². The molecule has 144 valence electrons. The first-order valence-electron chi connectivity index (χ1n) is 8.49. The van der Waals surface area contributed by atoms with Gasteiger partial charge in [0, 0.05) is 12.1 Å². The molecule has 0 atom stereocenters. The van der Waals surface area contributed by atoms with Crippen molar-refractivity contribution in [2.45, 2.75) is 6.61 Å². The summed E-state index contributed by atoms with van der Waals surface area (Å²) in [7, 11) is 0. The number of hydrogen-bond acceptors (Lipinski definition) is 4. The Morgan fingerprint density at radius 3 is 2.55 bits per heavy atom. The maximum absolute atomic E-state index is 13.3. The van der Waals surface area contributed by atoms with Gasteiger partial charge in [0.15, 0.2) is 0 Å². The Morgan fingerprint density at radius 1 is 1.17 bits per heavy atom. The minimum absolute atomic E-state index is 0.0337. The molecule has 0 aliphatic heterocycles. The van der Waals surface area contributed by atoms with Crippen LogP contribution in [0.3, 0.4) is 0 Å². The van der Waals surface area contributed by atoms with Crippen molar-refractivity contribution >= 4 is 33.3 Å². The number of halogens is 2. The van der Waals surface area contributed by atoms with Crippen LogP contribution in [0.15, 0.2) is 71.2 Å². The molecule has 0 saturated heterocycles. The molecule has 0 saturated carbocycles. The highest BCUT2D eigenvalue weighted by Crippen LogP contribution is 2.29. The van der Waals surface area contributed by atoms with Gasteiger partial charge in [-0.25, -0.2) is 4.39 Å². The second-order valence-electron chi connectivity index (χ2n) is 6.08. The number of ether oxygens (including phenoxy) is 1. The van der Waals surface area contributed by atoms with Gasteiger partial charge in [-0.15, -0.1) is 0 Å². The highest BCUT2D eigenvalue weighted by molar-refractivity contribution is 9.10. The summed E-state index contributed by atoms with van der Waals surface area (Å²) in [5.41, 5.74) is 2.39. The lowest BCUT2D eigenvalue weighted by Crippen LogP contribution is -1.96. The molecule has 3 aromatic carbocycles. The van der Waals surface area contributed by atoms with E-state index >= 15 is 0 Å². The first-order valence-corrected chi connectivity index (χ1v) is 9.29. The third kappa shape index (κ3) is 5.27. The third-order valence-corrected chi connectivity index (χ3v) is 4.68. The lowest BCUT2D eigenvalue weighted by Gasteiger charge is -2.09. The molecule has 0 fully saturated rings. The predicted molar refractivity (Wildman–Crippen MR) is 111 cm³/mol. The van der Waals surface area contributed by atoms with Crippen molar-refractivity contribution in [3.05, 3.63) is 104 Å². The van der Waals surface area contributed by atoms with Crippen LogP contribution in [0.4, 0.5) is 10.1 Å². The third-order valence-electron chi connectivity index (χ3n) is 4.06. The number of nitrogens with zero attached hydrogens (tertiary/aromatic N) is 2. The summed E-state index contributed by atoms with van der Waals surface area (Å²) >= 11 is 3.44. The zero-order valence-corrected chi connectivity index (χ0v) is 16.6. The molecule has 7 heteroatoms. The number of benzene rings is 3. The maximum atomic E-state index is 13.3. The highest BCUT2D eigenvalue weighted by Gasteiger charge is 2.08. The highest BCUT2D eigenvalue weighted by atomic mass is 79.9. The lowest BCUT2D eigenvalue weighted by molar-refractivity contribution is -0.384. The molecule has 0 aromatic heterocycles. The summed E-state index contributed by atoms with van der Waals surface area (Å²) < 4.78 is 19.7. The largest absolute Gasteiger partial charge is 0.488 e. The summed E-state index contributed by atoms with van der Waals surface area (Å²) in [4.78, 5) is 10.3. The van der Waals surface area contributed by atoms with Crippen LogP contribution in [0.25, 0.3) is 11.6 Å². The van der Waals surface area contributed by atoms with Crippen LogP contribution in [0.1, 0.15) is 16.7 Å². The molecule has 0 bridgehead atoms. The number of rotatable bonds is 6. The summed E-state index contributed by atoms with van der Waals surface area (Å²) in [5.74, 6) is 0.265. The van der Waals surface area contributed by atoms with Gasteiger partial charge in [0.25, 0.3) is 5.69 Å². The van der Waals surface area contributed by atoms with E-state index in [0.717, 1.165) is 5.56 Å². The molecule has 3 rings (SSSR count). The van der Waals surface area contributed by atoms with Crippen LogP contribution in [0.2, 0.25) is 0 Å². The van der Waals surface area contributed by atoms with E-state index in [9.17, 15) is 19.8 Å². The quantitative estimate of drug-likeness (QED) is 0.195. The fourth-order valence-electron chi connectivity index (χ4n) is 2.62. The Hall–Kier alpha value is -3.50. The van der Waals surface area contributed by atoms with Crippen molar-refractivity contribution in [2.75, 3.05) is 0 Å². The predicted octanol–water partition coefficient (Wildman–Crippen LogP) is 6.14. The number of nitro groups is 1. The van der Waals surface area contributed by atoms with Gasteiger partial charge >= 0.3 is 0 Å². The number of non-ortho nitro benzene ring substituents is 1. The molecule has 0 amide bonds. The molecule has 0 spiro atoms. The Kier molecular flexibility index (Phi) is 6.37. The van der Waals surface area contributed by atoms with E-state index in [1.807, 2.05) is 0 Å². The van der Waals surface area contributed by atoms with E-state index in [-0.39, 0.29) is 18.1 Å². The molecule has 0 aliphatic rings. The monoisotopic (exact) mass is 452 g/mol. The Morgan fingerprint density at radius 2 is 1.93 bits per heavy atom. The van der Waals surface area contributed by atoms with E-state index < -0.39 is 4.92 Å². The standard InChI is InChI=1S/C22H14BrFN2O3/c23-21-12-15(4-9-22(21)29-14-16-2-1-3-19(24)11-16)10-18(13-25)17-5-7-20(8-6-17)26(27)28/h1-12H,14H2/b18-10-. The molecular weight excluding hydrogens is 439 g/mol. The summed E-state index contributed by atoms with van der Waals surface area (Å²) in [5, 5.41) is 20.2. The Labute approximate surface area is 175 Å². The summed E-state index contributed by atoms with van der Waals surface area (Å²) in [6, 6.07) is 19.4. The van der Waals surface area contributed by atoms with Crippen molar-refractivity contribution in [3.63, 3.8) is 0 Å². The van der Waals surface area contributed by atoms with Crippen molar-refractivity contribution in [1.82, 2.24) is 0 Å². The molecule has 0 N–H and O–H groups in total. The van der Waals surface area contributed by atoms with E-state index in [4.69, 9.17) is 4.74 Å². The van der Waals surface area contributed by atoms with E-state index in [1.54, 1.807) is 48.5 Å². The van der Waals surface area contributed by atoms with Gasteiger partial charge in [-0.1, -0.05) is 18.2 Å². The molecule has 0 heterocycles. The van der Waals surface area contributed by atoms with Crippen molar-refractivity contribution in [2.24, 2.45) is 0 Å². The summed E-state index contributed by atoms with van der Waals surface area (Å²) in [6.07, 6.45) is 1.68. The van der Waals surface area contributed by atoms with Gasteiger partial charge in [0.1, 0.15) is 18.2 Å². The fourth-order valence-corrected chi connectivity index (χ4v) is 3.13. The average molecular weight is 453 g/mol.